The van der Waals surface area contributed by atoms with Crippen LogP contribution in [0.5, 0.6) is 0 Å². The standard InChI is InChI=1S/C24H28N4O3S/c1-17(2)27(3)32(30,31)22-13-9-19(10-14-22)24(29)26-20-11-7-18(8-12-20)23-25-16-21-6-4-5-15-28(21)23/h7-14,16-17H,4-6,15H2,1-3H3,(H,26,29). The van der Waals surface area contributed by atoms with E-state index < -0.39 is 10.0 Å². The number of anilines is 1. The molecule has 0 bridgehead atoms. The fourth-order valence-corrected chi connectivity index (χ4v) is 5.16. The molecule has 1 aliphatic rings. The molecule has 7 nitrogen and oxygen atoms in total. The zero-order valence-electron chi connectivity index (χ0n) is 18.6. The quantitative estimate of drug-likeness (QED) is 0.608. The average molecular weight is 453 g/mol. The molecule has 0 aliphatic carbocycles. The van der Waals surface area contributed by atoms with Gasteiger partial charge in [0.15, 0.2) is 0 Å². The molecule has 1 amide bonds. The number of nitrogens with zero attached hydrogens (tertiary/aromatic N) is 3. The second-order valence-electron chi connectivity index (χ2n) is 8.35. The molecule has 0 unspecified atom stereocenters. The number of fused-ring (bicyclic) bond motifs is 1. The molecule has 168 valence electrons. The lowest BCUT2D eigenvalue weighted by molar-refractivity contribution is 0.102. The first kappa shape index (κ1) is 22.2. The maximum absolute atomic E-state index is 12.6. The minimum absolute atomic E-state index is 0.154. The number of imidazole rings is 1. The van der Waals surface area contributed by atoms with Crippen LogP contribution < -0.4 is 5.32 Å². The highest BCUT2D eigenvalue weighted by atomic mass is 32.2. The van der Waals surface area contributed by atoms with Gasteiger partial charge in [-0.15, -0.1) is 0 Å². The number of carbonyl (C=O) groups is 1. The van der Waals surface area contributed by atoms with Crippen LogP contribution in [0.25, 0.3) is 11.4 Å². The molecule has 1 N–H and O–H groups in total. The highest BCUT2D eigenvalue weighted by molar-refractivity contribution is 7.89. The number of rotatable bonds is 6. The van der Waals surface area contributed by atoms with E-state index >= 15 is 0 Å². The Kier molecular flexibility index (Phi) is 6.17. The van der Waals surface area contributed by atoms with Crippen molar-refractivity contribution in [2.75, 3.05) is 12.4 Å². The van der Waals surface area contributed by atoms with Crippen molar-refractivity contribution in [1.82, 2.24) is 13.9 Å². The number of benzene rings is 2. The van der Waals surface area contributed by atoms with Crippen LogP contribution >= 0.6 is 0 Å². The highest BCUT2D eigenvalue weighted by Gasteiger charge is 2.23. The number of aryl methyl sites for hydroxylation is 1. The van der Waals surface area contributed by atoms with Crippen LogP contribution in [0.2, 0.25) is 0 Å². The van der Waals surface area contributed by atoms with Crippen molar-refractivity contribution in [3.8, 4) is 11.4 Å². The lowest BCUT2D eigenvalue weighted by Gasteiger charge is -2.21. The first-order chi connectivity index (χ1) is 15.3. The third-order valence-electron chi connectivity index (χ3n) is 5.92. The molecule has 2 aromatic carbocycles. The van der Waals surface area contributed by atoms with E-state index in [4.69, 9.17) is 0 Å². The van der Waals surface area contributed by atoms with E-state index in [0.29, 0.717) is 11.3 Å². The lowest BCUT2D eigenvalue weighted by Crippen LogP contribution is -2.33. The van der Waals surface area contributed by atoms with Crippen LogP contribution in [0.15, 0.2) is 59.6 Å². The smallest absolute Gasteiger partial charge is 0.255 e. The Morgan fingerprint density at radius 2 is 1.75 bits per heavy atom. The summed E-state index contributed by atoms with van der Waals surface area (Å²) in [7, 11) is -2.03. The molecule has 0 radical (unpaired) electrons. The minimum atomic E-state index is -3.58. The Morgan fingerprint density at radius 1 is 1.06 bits per heavy atom. The Morgan fingerprint density at radius 3 is 2.41 bits per heavy atom. The van der Waals surface area contributed by atoms with E-state index in [2.05, 4.69) is 14.9 Å². The van der Waals surface area contributed by atoms with Gasteiger partial charge in [-0.1, -0.05) is 0 Å². The van der Waals surface area contributed by atoms with Gasteiger partial charge in [-0.25, -0.2) is 13.4 Å². The maximum Gasteiger partial charge on any atom is 0.255 e. The predicted molar refractivity (Wildman–Crippen MR) is 125 cm³/mol. The summed E-state index contributed by atoms with van der Waals surface area (Å²) in [6.45, 7) is 4.61. The highest BCUT2D eigenvalue weighted by Crippen LogP contribution is 2.26. The largest absolute Gasteiger partial charge is 0.328 e. The number of hydrogen-bond donors (Lipinski definition) is 1. The molecule has 8 heteroatoms. The predicted octanol–water partition coefficient (Wildman–Crippen LogP) is 4.17. The lowest BCUT2D eigenvalue weighted by atomic mass is 10.1. The van der Waals surface area contributed by atoms with Crippen molar-refractivity contribution in [3.63, 3.8) is 0 Å². The molecule has 1 aliphatic heterocycles. The fourth-order valence-electron chi connectivity index (χ4n) is 3.79. The van der Waals surface area contributed by atoms with Gasteiger partial charge in [0, 0.05) is 48.3 Å². The molecule has 0 fully saturated rings. The van der Waals surface area contributed by atoms with Gasteiger partial charge in [0.1, 0.15) is 5.82 Å². The van der Waals surface area contributed by atoms with Gasteiger partial charge in [0.2, 0.25) is 10.0 Å². The molecule has 0 spiro atoms. The minimum Gasteiger partial charge on any atom is -0.328 e. The molecule has 0 atom stereocenters. The zero-order valence-corrected chi connectivity index (χ0v) is 19.4. The van der Waals surface area contributed by atoms with Gasteiger partial charge in [-0.3, -0.25) is 4.79 Å². The van der Waals surface area contributed by atoms with Crippen molar-refractivity contribution < 1.29 is 13.2 Å². The van der Waals surface area contributed by atoms with Crippen molar-refractivity contribution in [3.05, 3.63) is 66.0 Å². The van der Waals surface area contributed by atoms with Gasteiger partial charge in [0.25, 0.3) is 5.91 Å². The van der Waals surface area contributed by atoms with Gasteiger partial charge < -0.3 is 9.88 Å². The van der Waals surface area contributed by atoms with E-state index in [1.54, 1.807) is 7.05 Å². The van der Waals surface area contributed by atoms with Crippen LogP contribution in [-0.4, -0.2) is 41.3 Å². The Labute approximate surface area is 189 Å². The normalized spacial score (nSPS) is 13.9. The summed E-state index contributed by atoms with van der Waals surface area (Å²) in [6, 6.07) is 13.5. The molecule has 32 heavy (non-hydrogen) atoms. The summed E-state index contributed by atoms with van der Waals surface area (Å²) < 4.78 is 28.7. The van der Waals surface area contributed by atoms with Crippen LogP contribution in [0, 0.1) is 0 Å². The maximum atomic E-state index is 12.6. The van der Waals surface area contributed by atoms with E-state index in [1.807, 2.05) is 44.3 Å². The monoisotopic (exact) mass is 452 g/mol. The number of nitrogens with one attached hydrogen (secondary N) is 1. The Balaban J connectivity index is 1.46. The number of amides is 1. The van der Waals surface area contributed by atoms with Gasteiger partial charge in [-0.2, -0.15) is 4.31 Å². The van der Waals surface area contributed by atoms with E-state index in [1.165, 1.54) is 47.1 Å². The van der Waals surface area contributed by atoms with E-state index in [-0.39, 0.29) is 16.8 Å². The molecule has 4 rings (SSSR count). The van der Waals surface area contributed by atoms with Crippen molar-refractivity contribution in [1.29, 1.82) is 0 Å². The van der Waals surface area contributed by atoms with Gasteiger partial charge in [0.05, 0.1) is 4.90 Å². The van der Waals surface area contributed by atoms with Crippen LogP contribution in [0.3, 0.4) is 0 Å². The second-order valence-corrected chi connectivity index (χ2v) is 10.4. The summed E-state index contributed by atoms with van der Waals surface area (Å²) in [6.07, 6.45) is 5.39. The summed E-state index contributed by atoms with van der Waals surface area (Å²) in [4.78, 5) is 17.4. The third-order valence-corrected chi connectivity index (χ3v) is 7.97. The number of sulfonamides is 1. The topological polar surface area (TPSA) is 84.3 Å². The van der Waals surface area contributed by atoms with Crippen LogP contribution in [0.4, 0.5) is 5.69 Å². The molecular formula is C24H28N4O3S. The Bertz CT molecular complexity index is 1210. The first-order valence-electron chi connectivity index (χ1n) is 10.8. The third kappa shape index (κ3) is 4.33. The van der Waals surface area contributed by atoms with Gasteiger partial charge >= 0.3 is 0 Å². The fraction of sp³-hybridized carbons (Fsp3) is 0.333. The summed E-state index contributed by atoms with van der Waals surface area (Å²) >= 11 is 0. The van der Waals surface area contributed by atoms with Crippen LogP contribution in [-0.2, 0) is 23.0 Å². The SMILES string of the molecule is CC(C)N(C)S(=O)(=O)c1ccc(C(=O)Nc2ccc(-c3ncc4n3CCCC4)cc2)cc1. The van der Waals surface area contributed by atoms with Crippen molar-refractivity contribution in [2.45, 2.75) is 50.6 Å². The Hall–Kier alpha value is -2.97. The molecule has 1 aromatic heterocycles. The molecule has 3 aromatic rings. The first-order valence-corrected chi connectivity index (χ1v) is 12.3. The van der Waals surface area contributed by atoms with E-state index in [9.17, 15) is 13.2 Å². The molecule has 0 saturated carbocycles. The van der Waals surface area contributed by atoms with E-state index in [0.717, 1.165) is 24.4 Å². The number of carbonyl (C=O) groups excluding carboxylic acids is 1. The van der Waals surface area contributed by atoms with Crippen molar-refractivity contribution in [2.24, 2.45) is 0 Å². The number of aromatic nitrogens is 2. The average Bonchev–Trinajstić information content (AvgIpc) is 3.23. The summed E-state index contributed by atoms with van der Waals surface area (Å²) in [5.41, 5.74) is 3.34. The second kappa shape index (κ2) is 8.88. The molecular weight excluding hydrogens is 424 g/mol. The number of hydrogen-bond acceptors (Lipinski definition) is 4. The zero-order chi connectivity index (χ0) is 22.9. The summed E-state index contributed by atoms with van der Waals surface area (Å²) in [5.74, 6) is 0.665. The summed E-state index contributed by atoms with van der Waals surface area (Å²) in [5, 5.41) is 2.87. The van der Waals surface area contributed by atoms with Crippen molar-refractivity contribution >= 4 is 21.6 Å². The molecule has 2 heterocycles. The molecule has 0 saturated heterocycles. The van der Waals surface area contributed by atoms with Gasteiger partial charge in [-0.05, 0) is 81.6 Å². The van der Waals surface area contributed by atoms with Crippen LogP contribution in [0.1, 0.15) is 42.7 Å².